The Balaban J connectivity index is 2.16. The molecular formula is C13H16N4OS. The Morgan fingerprint density at radius 2 is 1.95 bits per heavy atom. The highest BCUT2D eigenvalue weighted by molar-refractivity contribution is 7.15. The van der Waals surface area contributed by atoms with Gasteiger partial charge < -0.3 is 5.73 Å². The number of hydrogen-bond donors (Lipinski definition) is 2. The maximum absolute atomic E-state index is 12.0. The van der Waals surface area contributed by atoms with Crippen LogP contribution in [0.25, 0.3) is 0 Å². The summed E-state index contributed by atoms with van der Waals surface area (Å²) < 4.78 is 0. The number of amides is 1. The highest BCUT2D eigenvalue weighted by Gasteiger charge is 2.20. The normalized spacial score (nSPS) is 11.3. The zero-order valence-electron chi connectivity index (χ0n) is 11.1. The van der Waals surface area contributed by atoms with E-state index in [4.69, 9.17) is 5.73 Å². The number of carbonyl (C=O) groups excluding carboxylic acids is 1. The van der Waals surface area contributed by atoms with Crippen LogP contribution in [0.4, 0.5) is 10.8 Å². The predicted molar refractivity (Wildman–Crippen MR) is 77.4 cm³/mol. The molecule has 6 heteroatoms. The Morgan fingerprint density at radius 1 is 1.26 bits per heavy atom. The lowest BCUT2D eigenvalue weighted by Crippen LogP contribution is -2.13. The van der Waals surface area contributed by atoms with E-state index < -0.39 is 0 Å². The summed E-state index contributed by atoms with van der Waals surface area (Å²) >= 11 is 1.37. The van der Waals surface area contributed by atoms with Crippen molar-refractivity contribution < 1.29 is 4.79 Å². The van der Waals surface area contributed by atoms with Gasteiger partial charge in [0.1, 0.15) is 5.01 Å². The SMILES string of the molecule is CC(C)(C)c1nnc(NC(=O)c2ccccc2N)s1. The van der Waals surface area contributed by atoms with E-state index in [9.17, 15) is 4.79 Å². The van der Waals surface area contributed by atoms with Gasteiger partial charge >= 0.3 is 0 Å². The first-order chi connectivity index (χ1) is 8.88. The molecule has 0 fully saturated rings. The Bertz CT molecular complexity index is 601. The second-order valence-electron chi connectivity index (χ2n) is 5.20. The molecular weight excluding hydrogens is 260 g/mol. The van der Waals surface area contributed by atoms with Crippen LogP contribution in [0.15, 0.2) is 24.3 Å². The van der Waals surface area contributed by atoms with E-state index in [0.717, 1.165) is 5.01 Å². The van der Waals surface area contributed by atoms with Crippen LogP contribution in [-0.4, -0.2) is 16.1 Å². The molecule has 100 valence electrons. The Kier molecular flexibility index (Phi) is 3.53. The number of rotatable bonds is 2. The van der Waals surface area contributed by atoms with Crippen LogP contribution in [-0.2, 0) is 5.41 Å². The van der Waals surface area contributed by atoms with E-state index in [-0.39, 0.29) is 11.3 Å². The Hall–Kier alpha value is -1.95. The molecule has 1 aromatic heterocycles. The summed E-state index contributed by atoms with van der Waals surface area (Å²) in [7, 11) is 0. The van der Waals surface area contributed by atoms with E-state index in [1.54, 1.807) is 24.3 Å². The summed E-state index contributed by atoms with van der Waals surface area (Å²) in [4.78, 5) is 12.0. The van der Waals surface area contributed by atoms with Gasteiger partial charge in [0, 0.05) is 11.1 Å². The first kappa shape index (κ1) is 13.5. The molecule has 19 heavy (non-hydrogen) atoms. The lowest BCUT2D eigenvalue weighted by molar-refractivity contribution is 0.102. The highest BCUT2D eigenvalue weighted by atomic mass is 32.1. The number of aromatic nitrogens is 2. The summed E-state index contributed by atoms with van der Waals surface area (Å²) in [6.45, 7) is 6.15. The van der Waals surface area contributed by atoms with E-state index in [1.165, 1.54) is 11.3 Å². The average molecular weight is 276 g/mol. The molecule has 2 rings (SSSR count). The highest BCUT2D eigenvalue weighted by Crippen LogP contribution is 2.28. The summed E-state index contributed by atoms with van der Waals surface area (Å²) in [6, 6.07) is 6.92. The number of hydrogen-bond acceptors (Lipinski definition) is 5. The molecule has 2 aromatic rings. The topological polar surface area (TPSA) is 80.9 Å². The van der Waals surface area contributed by atoms with Crippen LogP contribution >= 0.6 is 11.3 Å². The molecule has 0 unspecified atom stereocenters. The molecule has 0 saturated heterocycles. The van der Waals surface area contributed by atoms with Crippen molar-refractivity contribution in [3.63, 3.8) is 0 Å². The standard InChI is InChI=1S/C13H16N4OS/c1-13(2,3)11-16-17-12(19-11)15-10(18)8-6-4-5-7-9(8)14/h4-7H,14H2,1-3H3,(H,15,17,18). The van der Waals surface area contributed by atoms with Crippen LogP contribution in [0.1, 0.15) is 36.1 Å². The minimum atomic E-state index is -0.269. The molecule has 0 spiro atoms. The minimum Gasteiger partial charge on any atom is -0.398 e. The molecule has 3 N–H and O–H groups in total. The number of carbonyl (C=O) groups is 1. The first-order valence-corrected chi connectivity index (χ1v) is 6.69. The largest absolute Gasteiger partial charge is 0.398 e. The number of nitrogens with zero attached hydrogens (tertiary/aromatic N) is 2. The van der Waals surface area contributed by atoms with Crippen LogP contribution < -0.4 is 11.1 Å². The maximum Gasteiger partial charge on any atom is 0.259 e. The van der Waals surface area contributed by atoms with Crippen molar-refractivity contribution in [3.05, 3.63) is 34.8 Å². The summed E-state index contributed by atoms with van der Waals surface area (Å²) in [5.74, 6) is -0.269. The number of benzene rings is 1. The second kappa shape index (κ2) is 4.97. The monoisotopic (exact) mass is 276 g/mol. The molecule has 0 aliphatic carbocycles. The number of para-hydroxylation sites is 1. The minimum absolute atomic E-state index is 0.0770. The van der Waals surface area contributed by atoms with Crippen molar-refractivity contribution in [1.29, 1.82) is 0 Å². The third-order valence-electron chi connectivity index (χ3n) is 2.49. The Morgan fingerprint density at radius 3 is 2.53 bits per heavy atom. The van der Waals surface area contributed by atoms with Crippen LogP contribution in [0, 0.1) is 0 Å². The molecule has 1 aromatic carbocycles. The maximum atomic E-state index is 12.0. The Labute approximate surface area is 115 Å². The summed E-state index contributed by atoms with van der Waals surface area (Å²) in [5.41, 5.74) is 6.56. The van der Waals surface area contributed by atoms with Crippen molar-refractivity contribution in [2.24, 2.45) is 0 Å². The van der Waals surface area contributed by atoms with E-state index >= 15 is 0 Å². The lowest BCUT2D eigenvalue weighted by Gasteiger charge is -2.12. The van der Waals surface area contributed by atoms with Gasteiger partial charge in [0.05, 0.1) is 5.56 Å². The van der Waals surface area contributed by atoms with Crippen LogP contribution in [0.3, 0.4) is 0 Å². The average Bonchev–Trinajstić information content (AvgIpc) is 2.77. The van der Waals surface area contributed by atoms with E-state index in [2.05, 4.69) is 15.5 Å². The molecule has 0 atom stereocenters. The van der Waals surface area contributed by atoms with Crippen molar-refractivity contribution >= 4 is 28.1 Å². The van der Waals surface area contributed by atoms with Gasteiger partial charge in [-0.3, -0.25) is 10.1 Å². The smallest absolute Gasteiger partial charge is 0.259 e. The molecule has 0 saturated carbocycles. The number of nitrogen functional groups attached to an aromatic ring is 1. The van der Waals surface area contributed by atoms with Gasteiger partial charge in [-0.25, -0.2) is 0 Å². The zero-order chi connectivity index (χ0) is 14.0. The van der Waals surface area contributed by atoms with Gasteiger partial charge in [-0.2, -0.15) is 0 Å². The molecule has 0 aliphatic rings. The van der Waals surface area contributed by atoms with Crippen molar-refractivity contribution in [2.45, 2.75) is 26.2 Å². The zero-order valence-corrected chi connectivity index (χ0v) is 11.9. The molecule has 0 aliphatic heterocycles. The van der Waals surface area contributed by atoms with E-state index in [0.29, 0.717) is 16.4 Å². The van der Waals surface area contributed by atoms with Gasteiger partial charge in [-0.1, -0.05) is 44.2 Å². The van der Waals surface area contributed by atoms with Gasteiger partial charge in [0.2, 0.25) is 5.13 Å². The van der Waals surface area contributed by atoms with Gasteiger partial charge in [0.25, 0.3) is 5.91 Å². The summed E-state index contributed by atoms with van der Waals surface area (Å²) in [5, 5.41) is 12.1. The summed E-state index contributed by atoms with van der Waals surface area (Å²) in [6.07, 6.45) is 0. The van der Waals surface area contributed by atoms with Crippen molar-refractivity contribution in [2.75, 3.05) is 11.1 Å². The van der Waals surface area contributed by atoms with Crippen LogP contribution in [0.5, 0.6) is 0 Å². The fourth-order valence-corrected chi connectivity index (χ4v) is 2.24. The number of nitrogens with one attached hydrogen (secondary N) is 1. The van der Waals surface area contributed by atoms with Gasteiger partial charge in [0.15, 0.2) is 0 Å². The third kappa shape index (κ3) is 3.08. The molecule has 1 amide bonds. The second-order valence-corrected chi connectivity index (χ2v) is 6.18. The number of anilines is 2. The molecule has 0 radical (unpaired) electrons. The third-order valence-corrected chi connectivity index (χ3v) is 3.76. The molecule has 1 heterocycles. The fourth-order valence-electron chi connectivity index (χ4n) is 1.45. The fraction of sp³-hybridized carbons (Fsp3) is 0.308. The van der Waals surface area contributed by atoms with Crippen LogP contribution in [0.2, 0.25) is 0 Å². The quantitative estimate of drug-likeness (QED) is 0.826. The van der Waals surface area contributed by atoms with Crippen molar-refractivity contribution in [3.8, 4) is 0 Å². The van der Waals surface area contributed by atoms with E-state index in [1.807, 2.05) is 20.8 Å². The lowest BCUT2D eigenvalue weighted by atomic mass is 9.98. The number of nitrogens with two attached hydrogens (primary N) is 1. The van der Waals surface area contributed by atoms with Gasteiger partial charge in [-0.05, 0) is 12.1 Å². The predicted octanol–water partition coefficient (Wildman–Crippen LogP) is 2.67. The van der Waals surface area contributed by atoms with Gasteiger partial charge in [-0.15, -0.1) is 10.2 Å². The van der Waals surface area contributed by atoms with Crippen molar-refractivity contribution in [1.82, 2.24) is 10.2 Å². The molecule has 5 nitrogen and oxygen atoms in total. The first-order valence-electron chi connectivity index (χ1n) is 5.88. The molecule has 0 bridgehead atoms.